The molecule has 2 fully saturated rings. The maximum absolute atomic E-state index is 10.7. The molecule has 2 unspecified atom stereocenters. The van der Waals surface area contributed by atoms with Crippen LogP contribution in [0.4, 0.5) is 4.79 Å². The van der Waals surface area contributed by atoms with Crippen LogP contribution in [-0.4, -0.2) is 52.7 Å². The quantitative estimate of drug-likeness (QED) is 0.580. The first-order valence-electron chi connectivity index (χ1n) is 4.39. The van der Waals surface area contributed by atoms with Crippen molar-refractivity contribution < 1.29 is 9.90 Å². The highest BCUT2D eigenvalue weighted by Crippen LogP contribution is 2.29. The number of terminal acetylenes is 1. The molecule has 13 heavy (non-hydrogen) atoms. The summed E-state index contributed by atoms with van der Waals surface area (Å²) < 4.78 is 0. The second-order valence-electron chi connectivity index (χ2n) is 3.61. The Kier molecular flexibility index (Phi) is 1.89. The summed E-state index contributed by atoms with van der Waals surface area (Å²) in [7, 11) is 0. The van der Waals surface area contributed by atoms with Crippen molar-refractivity contribution in [2.24, 2.45) is 0 Å². The standard InChI is InChI=1S/C9H12N2O2/c1-2-3-10-5-8-4-7(10)6-11(8)9(12)13/h1,7-8H,3-6H2,(H,12,13). The van der Waals surface area contributed by atoms with Gasteiger partial charge in [0.05, 0.1) is 6.54 Å². The van der Waals surface area contributed by atoms with Crippen molar-refractivity contribution in [2.75, 3.05) is 19.6 Å². The van der Waals surface area contributed by atoms with E-state index in [2.05, 4.69) is 10.8 Å². The van der Waals surface area contributed by atoms with Gasteiger partial charge in [0.1, 0.15) is 0 Å². The number of fused-ring (bicyclic) bond motifs is 2. The van der Waals surface area contributed by atoms with Crippen molar-refractivity contribution >= 4 is 6.09 Å². The zero-order chi connectivity index (χ0) is 9.42. The molecule has 2 bridgehead atoms. The lowest BCUT2D eigenvalue weighted by Gasteiger charge is -2.31. The third-order valence-electron chi connectivity index (χ3n) is 2.89. The zero-order valence-corrected chi connectivity index (χ0v) is 7.31. The van der Waals surface area contributed by atoms with Gasteiger partial charge in [-0.25, -0.2) is 4.79 Å². The molecule has 0 aromatic heterocycles. The first kappa shape index (κ1) is 8.39. The highest BCUT2D eigenvalue weighted by molar-refractivity contribution is 5.66. The molecule has 2 aliphatic rings. The molecule has 0 radical (unpaired) electrons. The Bertz CT molecular complexity index is 271. The van der Waals surface area contributed by atoms with E-state index in [-0.39, 0.29) is 6.04 Å². The summed E-state index contributed by atoms with van der Waals surface area (Å²) in [6, 6.07) is 0.535. The number of hydrogen-bond acceptors (Lipinski definition) is 2. The first-order valence-corrected chi connectivity index (χ1v) is 4.39. The molecule has 1 amide bonds. The fraction of sp³-hybridized carbons (Fsp3) is 0.667. The smallest absolute Gasteiger partial charge is 0.407 e. The van der Waals surface area contributed by atoms with Gasteiger partial charge in [-0.15, -0.1) is 6.42 Å². The molecule has 0 saturated carbocycles. The minimum Gasteiger partial charge on any atom is -0.465 e. The van der Waals surface area contributed by atoms with Crippen molar-refractivity contribution in [3.05, 3.63) is 0 Å². The van der Waals surface area contributed by atoms with Gasteiger partial charge in [0.15, 0.2) is 0 Å². The van der Waals surface area contributed by atoms with Gasteiger partial charge in [0.2, 0.25) is 0 Å². The molecular weight excluding hydrogens is 168 g/mol. The number of nitrogens with zero attached hydrogens (tertiary/aromatic N) is 2. The third kappa shape index (κ3) is 1.25. The summed E-state index contributed by atoms with van der Waals surface area (Å²) in [4.78, 5) is 14.4. The molecule has 0 aliphatic carbocycles. The Morgan fingerprint density at radius 2 is 2.31 bits per heavy atom. The number of carboxylic acid groups (broad SMARTS) is 1. The molecule has 1 N–H and O–H groups in total. The molecule has 4 heteroatoms. The summed E-state index contributed by atoms with van der Waals surface area (Å²) in [5.41, 5.74) is 0. The van der Waals surface area contributed by atoms with Crippen molar-refractivity contribution in [3.8, 4) is 12.3 Å². The first-order chi connectivity index (χ1) is 6.22. The third-order valence-corrected chi connectivity index (χ3v) is 2.89. The molecule has 2 aliphatic heterocycles. The van der Waals surface area contributed by atoms with Gasteiger partial charge in [-0.3, -0.25) is 4.90 Å². The molecule has 4 nitrogen and oxygen atoms in total. The van der Waals surface area contributed by atoms with E-state index in [9.17, 15) is 4.79 Å². The van der Waals surface area contributed by atoms with E-state index in [0.29, 0.717) is 19.1 Å². The van der Waals surface area contributed by atoms with Crippen molar-refractivity contribution in [2.45, 2.75) is 18.5 Å². The number of piperazine rings is 1. The molecule has 0 spiro atoms. The summed E-state index contributed by atoms with van der Waals surface area (Å²) in [5, 5.41) is 8.82. The second-order valence-corrected chi connectivity index (χ2v) is 3.61. The fourth-order valence-corrected chi connectivity index (χ4v) is 2.29. The van der Waals surface area contributed by atoms with Crippen LogP contribution < -0.4 is 0 Å². The maximum atomic E-state index is 10.7. The maximum Gasteiger partial charge on any atom is 0.407 e. The van der Waals surface area contributed by atoms with Crippen LogP contribution in [0.3, 0.4) is 0 Å². The Balaban J connectivity index is 2.00. The van der Waals surface area contributed by atoms with Crippen LogP contribution in [-0.2, 0) is 0 Å². The largest absolute Gasteiger partial charge is 0.465 e. The molecular formula is C9H12N2O2. The Labute approximate surface area is 77.1 Å². The van der Waals surface area contributed by atoms with Gasteiger partial charge in [0, 0.05) is 25.2 Å². The minimum atomic E-state index is -0.798. The van der Waals surface area contributed by atoms with Gasteiger partial charge in [-0.2, -0.15) is 0 Å². The SMILES string of the molecule is C#CCN1CC2CC1CN2C(=O)O. The lowest BCUT2D eigenvalue weighted by Crippen LogP contribution is -2.48. The zero-order valence-electron chi connectivity index (χ0n) is 7.31. The van der Waals surface area contributed by atoms with Gasteiger partial charge in [-0.1, -0.05) is 5.92 Å². The number of amides is 1. The predicted molar refractivity (Wildman–Crippen MR) is 47.3 cm³/mol. The summed E-state index contributed by atoms with van der Waals surface area (Å²) in [6.45, 7) is 2.08. The van der Waals surface area contributed by atoms with Crippen molar-refractivity contribution in [1.82, 2.24) is 9.80 Å². The van der Waals surface area contributed by atoms with Crippen LogP contribution in [0, 0.1) is 12.3 Å². The van der Waals surface area contributed by atoms with E-state index < -0.39 is 6.09 Å². The summed E-state index contributed by atoms with van der Waals surface area (Å²) in [6.07, 6.45) is 5.37. The molecule has 0 aromatic carbocycles. The van der Waals surface area contributed by atoms with E-state index in [1.165, 1.54) is 4.90 Å². The number of likely N-dealkylation sites (tertiary alicyclic amines) is 2. The highest BCUT2D eigenvalue weighted by Gasteiger charge is 2.44. The number of hydrogen-bond donors (Lipinski definition) is 1. The summed E-state index contributed by atoms with van der Waals surface area (Å²) >= 11 is 0. The van der Waals surface area contributed by atoms with Crippen LogP contribution in [0.1, 0.15) is 6.42 Å². The Morgan fingerprint density at radius 1 is 1.54 bits per heavy atom. The highest BCUT2D eigenvalue weighted by atomic mass is 16.4. The number of carbonyl (C=O) groups is 1. The van der Waals surface area contributed by atoms with Crippen LogP contribution >= 0.6 is 0 Å². The Morgan fingerprint density at radius 3 is 2.77 bits per heavy atom. The van der Waals surface area contributed by atoms with Crippen LogP contribution in [0.5, 0.6) is 0 Å². The number of rotatable bonds is 1. The molecule has 0 aromatic rings. The van der Waals surface area contributed by atoms with E-state index in [1.807, 2.05) is 0 Å². The minimum absolute atomic E-state index is 0.177. The van der Waals surface area contributed by atoms with Crippen molar-refractivity contribution in [1.29, 1.82) is 0 Å². The van der Waals surface area contributed by atoms with E-state index >= 15 is 0 Å². The van der Waals surface area contributed by atoms with Gasteiger partial charge in [0.25, 0.3) is 0 Å². The molecule has 2 saturated heterocycles. The molecule has 2 atom stereocenters. The lowest BCUT2D eigenvalue weighted by molar-refractivity contribution is 0.108. The van der Waals surface area contributed by atoms with Crippen LogP contribution in [0.25, 0.3) is 0 Å². The summed E-state index contributed by atoms with van der Waals surface area (Å²) in [5.74, 6) is 2.60. The van der Waals surface area contributed by atoms with Gasteiger partial charge >= 0.3 is 6.09 Å². The lowest BCUT2D eigenvalue weighted by atomic mass is 10.2. The topological polar surface area (TPSA) is 43.8 Å². The molecule has 70 valence electrons. The molecule has 2 heterocycles. The predicted octanol–water partition coefficient (Wildman–Crippen LogP) is 0.0561. The van der Waals surface area contributed by atoms with E-state index in [0.717, 1.165) is 13.0 Å². The normalized spacial score (nSPS) is 32.1. The van der Waals surface area contributed by atoms with Crippen LogP contribution in [0.2, 0.25) is 0 Å². The average Bonchev–Trinajstić information content (AvgIpc) is 2.62. The fourth-order valence-electron chi connectivity index (χ4n) is 2.29. The monoisotopic (exact) mass is 180 g/mol. The van der Waals surface area contributed by atoms with Gasteiger partial charge in [-0.05, 0) is 6.42 Å². The average molecular weight is 180 g/mol. The Hall–Kier alpha value is -1.21. The van der Waals surface area contributed by atoms with E-state index in [4.69, 9.17) is 11.5 Å². The van der Waals surface area contributed by atoms with Crippen LogP contribution in [0.15, 0.2) is 0 Å². The second kappa shape index (κ2) is 2.93. The van der Waals surface area contributed by atoms with E-state index in [1.54, 1.807) is 0 Å². The van der Waals surface area contributed by atoms with Crippen molar-refractivity contribution in [3.63, 3.8) is 0 Å². The molecule has 2 rings (SSSR count). The van der Waals surface area contributed by atoms with Gasteiger partial charge < -0.3 is 10.0 Å².